The Bertz CT molecular complexity index is 502. The van der Waals surface area contributed by atoms with E-state index in [4.69, 9.17) is 9.47 Å². The van der Waals surface area contributed by atoms with Crippen molar-refractivity contribution in [2.45, 2.75) is 19.3 Å². The van der Waals surface area contributed by atoms with Crippen LogP contribution in [0.25, 0.3) is 0 Å². The number of hydrogen-bond acceptors (Lipinski definition) is 4. The van der Waals surface area contributed by atoms with Gasteiger partial charge in [0.15, 0.2) is 0 Å². The second-order valence-electron chi connectivity index (χ2n) is 5.28. The van der Waals surface area contributed by atoms with E-state index in [1.807, 2.05) is 30.1 Å². The zero-order valence-electron chi connectivity index (χ0n) is 11.7. The summed E-state index contributed by atoms with van der Waals surface area (Å²) in [7, 11) is 1.89. The summed E-state index contributed by atoms with van der Waals surface area (Å²) in [6.07, 6.45) is 0.0791. The van der Waals surface area contributed by atoms with Crippen molar-refractivity contribution >= 4 is 5.91 Å². The molecule has 5 heteroatoms. The third-order valence-electron chi connectivity index (χ3n) is 3.83. The minimum Gasteiger partial charge on any atom is -0.373 e. The minimum atomic E-state index is 0.0791. The Hall–Kier alpha value is -1.43. The summed E-state index contributed by atoms with van der Waals surface area (Å²) < 4.78 is 11.0. The molecule has 2 aliphatic heterocycles. The van der Waals surface area contributed by atoms with Gasteiger partial charge in [-0.2, -0.15) is 0 Å². The van der Waals surface area contributed by atoms with Gasteiger partial charge in [0.05, 0.1) is 25.9 Å². The fraction of sp³-hybridized carbons (Fsp3) is 0.533. The molecule has 0 bridgehead atoms. The lowest BCUT2D eigenvalue weighted by Gasteiger charge is -2.33. The summed E-state index contributed by atoms with van der Waals surface area (Å²) in [5, 5.41) is 3.09. The molecule has 1 aromatic rings. The average Bonchev–Trinajstić information content (AvgIpc) is 2.94. The number of morpholine rings is 1. The molecule has 0 saturated carbocycles. The molecule has 2 aliphatic rings. The molecule has 3 rings (SSSR count). The van der Waals surface area contributed by atoms with Gasteiger partial charge in [0.2, 0.25) is 0 Å². The highest BCUT2D eigenvalue weighted by Gasteiger charge is 2.25. The molecule has 1 unspecified atom stereocenters. The van der Waals surface area contributed by atoms with Crippen LogP contribution in [0.2, 0.25) is 0 Å². The summed E-state index contributed by atoms with van der Waals surface area (Å²) in [4.78, 5) is 14.4. The van der Waals surface area contributed by atoms with E-state index in [-0.39, 0.29) is 12.0 Å². The number of nitrogens with one attached hydrogen (secondary N) is 1. The maximum atomic E-state index is 12.6. The lowest BCUT2D eigenvalue weighted by Crippen LogP contribution is -2.48. The van der Waals surface area contributed by atoms with Crippen molar-refractivity contribution in [3.63, 3.8) is 0 Å². The Morgan fingerprint density at radius 2 is 2.25 bits per heavy atom. The van der Waals surface area contributed by atoms with Gasteiger partial charge >= 0.3 is 0 Å². The number of hydrogen-bond donors (Lipinski definition) is 1. The number of carbonyl (C=O) groups is 1. The van der Waals surface area contributed by atoms with Gasteiger partial charge in [-0.15, -0.1) is 0 Å². The summed E-state index contributed by atoms with van der Waals surface area (Å²) in [5.74, 6) is 0.0871. The third-order valence-corrected chi connectivity index (χ3v) is 3.83. The summed E-state index contributed by atoms with van der Waals surface area (Å²) in [5.41, 5.74) is 3.08. The second kappa shape index (κ2) is 5.91. The molecule has 0 aliphatic carbocycles. The van der Waals surface area contributed by atoms with Crippen LogP contribution >= 0.6 is 0 Å². The topological polar surface area (TPSA) is 50.8 Å². The van der Waals surface area contributed by atoms with Gasteiger partial charge in [-0.05, 0) is 30.3 Å². The van der Waals surface area contributed by atoms with Crippen molar-refractivity contribution in [3.8, 4) is 0 Å². The van der Waals surface area contributed by atoms with E-state index in [1.165, 1.54) is 5.56 Å². The molecular formula is C15H20N2O3. The number of rotatable bonds is 3. The smallest absolute Gasteiger partial charge is 0.254 e. The van der Waals surface area contributed by atoms with E-state index in [2.05, 4.69) is 5.32 Å². The number of fused-ring (bicyclic) bond motifs is 1. The van der Waals surface area contributed by atoms with Gasteiger partial charge in [0.1, 0.15) is 0 Å². The number of carbonyl (C=O) groups excluding carboxylic acids is 1. The fourth-order valence-corrected chi connectivity index (χ4v) is 2.74. The molecule has 5 nitrogen and oxygen atoms in total. The van der Waals surface area contributed by atoms with Crippen molar-refractivity contribution < 1.29 is 14.3 Å². The fourth-order valence-electron chi connectivity index (χ4n) is 2.74. The van der Waals surface area contributed by atoms with E-state index >= 15 is 0 Å². The minimum absolute atomic E-state index is 0.0791. The predicted octanol–water partition coefficient (Wildman–Crippen LogP) is 0.777. The van der Waals surface area contributed by atoms with Gasteiger partial charge in [0, 0.05) is 25.2 Å². The van der Waals surface area contributed by atoms with Crippen LogP contribution in [-0.2, 0) is 22.7 Å². The first kappa shape index (κ1) is 13.5. The van der Waals surface area contributed by atoms with Crippen molar-refractivity contribution in [2.75, 3.05) is 33.3 Å². The lowest BCUT2D eigenvalue weighted by molar-refractivity contribution is -0.0196. The first-order chi connectivity index (χ1) is 9.78. The van der Waals surface area contributed by atoms with Crippen molar-refractivity contribution in [1.29, 1.82) is 0 Å². The quantitative estimate of drug-likeness (QED) is 0.886. The first-order valence-electron chi connectivity index (χ1n) is 7.03. The van der Waals surface area contributed by atoms with Gasteiger partial charge in [-0.25, -0.2) is 0 Å². The molecule has 1 atom stereocenters. The van der Waals surface area contributed by atoms with Crippen LogP contribution in [0.4, 0.5) is 0 Å². The predicted molar refractivity (Wildman–Crippen MR) is 74.5 cm³/mol. The highest BCUT2D eigenvalue weighted by molar-refractivity contribution is 5.94. The zero-order valence-corrected chi connectivity index (χ0v) is 11.7. The molecule has 20 heavy (non-hydrogen) atoms. The maximum Gasteiger partial charge on any atom is 0.254 e. The Morgan fingerprint density at radius 3 is 3.10 bits per heavy atom. The highest BCUT2D eigenvalue weighted by atomic mass is 16.5. The molecule has 108 valence electrons. The maximum absolute atomic E-state index is 12.6. The Balaban J connectivity index is 1.72. The van der Waals surface area contributed by atoms with Crippen molar-refractivity contribution in [3.05, 3.63) is 34.9 Å². The average molecular weight is 276 g/mol. The normalized spacial score (nSPS) is 21.9. The summed E-state index contributed by atoms with van der Waals surface area (Å²) in [6.45, 7) is 3.95. The van der Waals surface area contributed by atoms with Gasteiger partial charge in [0.25, 0.3) is 5.91 Å². The SMILES string of the molecule is CNCC1CN(C(=O)c2ccc3c(c2)COC3)CCO1. The largest absolute Gasteiger partial charge is 0.373 e. The lowest BCUT2D eigenvalue weighted by atomic mass is 10.1. The van der Waals surface area contributed by atoms with Gasteiger partial charge < -0.3 is 19.7 Å². The van der Waals surface area contributed by atoms with E-state index in [9.17, 15) is 4.79 Å². The van der Waals surface area contributed by atoms with Crippen LogP contribution < -0.4 is 5.32 Å². The van der Waals surface area contributed by atoms with Crippen molar-refractivity contribution in [1.82, 2.24) is 10.2 Å². The Morgan fingerprint density at radius 1 is 1.40 bits per heavy atom. The van der Waals surface area contributed by atoms with E-state index in [0.717, 1.165) is 17.7 Å². The number of benzene rings is 1. The number of ether oxygens (including phenoxy) is 2. The van der Waals surface area contributed by atoms with Crippen LogP contribution in [0.5, 0.6) is 0 Å². The van der Waals surface area contributed by atoms with E-state index in [0.29, 0.717) is 32.9 Å². The molecule has 0 aromatic heterocycles. The Kier molecular flexibility index (Phi) is 4.00. The molecular weight excluding hydrogens is 256 g/mol. The molecule has 1 N–H and O–H groups in total. The van der Waals surface area contributed by atoms with E-state index < -0.39 is 0 Å². The third kappa shape index (κ3) is 2.70. The molecule has 2 heterocycles. The van der Waals surface area contributed by atoms with Crippen LogP contribution in [0.1, 0.15) is 21.5 Å². The standard InChI is InChI=1S/C15H20N2O3/c1-16-7-14-8-17(4-5-20-14)15(18)11-2-3-12-9-19-10-13(12)6-11/h2-3,6,14,16H,4-5,7-10H2,1H3. The van der Waals surface area contributed by atoms with Crippen molar-refractivity contribution in [2.24, 2.45) is 0 Å². The number of amides is 1. The molecule has 1 fully saturated rings. The highest BCUT2D eigenvalue weighted by Crippen LogP contribution is 2.22. The van der Waals surface area contributed by atoms with Crippen LogP contribution in [0.3, 0.4) is 0 Å². The molecule has 1 aromatic carbocycles. The molecule has 0 spiro atoms. The van der Waals surface area contributed by atoms with Crippen LogP contribution in [0, 0.1) is 0 Å². The second-order valence-corrected chi connectivity index (χ2v) is 5.28. The molecule has 0 radical (unpaired) electrons. The summed E-state index contributed by atoms with van der Waals surface area (Å²) in [6, 6.07) is 5.87. The number of likely N-dealkylation sites (N-methyl/N-ethyl adjacent to an activating group) is 1. The molecule has 1 saturated heterocycles. The monoisotopic (exact) mass is 276 g/mol. The van der Waals surface area contributed by atoms with E-state index in [1.54, 1.807) is 0 Å². The first-order valence-corrected chi connectivity index (χ1v) is 7.03. The van der Waals surface area contributed by atoms with Crippen LogP contribution in [-0.4, -0.2) is 50.2 Å². The van der Waals surface area contributed by atoms with Gasteiger partial charge in [-0.3, -0.25) is 4.79 Å². The summed E-state index contributed by atoms with van der Waals surface area (Å²) >= 11 is 0. The molecule has 1 amide bonds. The zero-order chi connectivity index (χ0) is 13.9. The number of nitrogens with zero attached hydrogens (tertiary/aromatic N) is 1. The van der Waals surface area contributed by atoms with Crippen LogP contribution in [0.15, 0.2) is 18.2 Å². The Labute approximate surface area is 118 Å². The van der Waals surface area contributed by atoms with Gasteiger partial charge in [-0.1, -0.05) is 6.07 Å².